The molecule has 0 bridgehead atoms. The molecule has 5 heteroatoms. The summed E-state index contributed by atoms with van der Waals surface area (Å²) in [5, 5.41) is 2.55. The fourth-order valence-electron chi connectivity index (χ4n) is 2.34. The fourth-order valence-corrected chi connectivity index (χ4v) is 2.34. The van der Waals surface area contributed by atoms with Crippen molar-refractivity contribution in [2.45, 2.75) is 6.61 Å². The van der Waals surface area contributed by atoms with Gasteiger partial charge in [0.25, 0.3) is 5.91 Å². The molecule has 27 heavy (non-hydrogen) atoms. The minimum atomic E-state index is -0.490. The van der Waals surface area contributed by atoms with Gasteiger partial charge in [-0.05, 0) is 42.0 Å². The van der Waals surface area contributed by atoms with Crippen molar-refractivity contribution in [2.24, 2.45) is 0 Å². The van der Waals surface area contributed by atoms with Crippen LogP contribution in [0.3, 0.4) is 0 Å². The lowest BCUT2D eigenvalue weighted by atomic mass is 10.2. The molecule has 3 rings (SSSR count). The van der Waals surface area contributed by atoms with Gasteiger partial charge in [-0.1, -0.05) is 48.5 Å². The Morgan fingerprint density at radius 1 is 0.741 bits per heavy atom. The SMILES string of the molecule is O=C(CNC(=O)c1ccc(Oc2ccccc2)cc1)OCc1ccccc1. The fraction of sp³-hybridized carbons (Fsp3) is 0.0909. The van der Waals surface area contributed by atoms with E-state index in [-0.39, 0.29) is 19.1 Å². The van der Waals surface area contributed by atoms with Crippen LogP contribution in [0, 0.1) is 0 Å². The number of esters is 1. The zero-order chi connectivity index (χ0) is 18.9. The second-order valence-corrected chi connectivity index (χ2v) is 5.77. The predicted molar refractivity (Wildman–Crippen MR) is 102 cm³/mol. The average Bonchev–Trinajstić information content (AvgIpc) is 2.72. The Bertz CT molecular complexity index is 877. The van der Waals surface area contributed by atoms with Gasteiger partial charge in [-0.3, -0.25) is 9.59 Å². The lowest BCUT2D eigenvalue weighted by Gasteiger charge is -2.08. The van der Waals surface area contributed by atoms with Gasteiger partial charge in [-0.15, -0.1) is 0 Å². The molecule has 5 nitrogen and oxygen atoms in total. The van der Waals surface area contributed by atoms with Crippen LogP contribution in [-0.4, -0.2) is 18.4 Å². The van der Waals surface area contributed by atoms with Crippen molar-refractivity contribution < 1.29 is 19.1 Å². The van der Waals surface area contributed by atoms with Crippen LogP contribution >= 0.6 is 0 Å². The molecule has 0 saturated carbocycles. The molecule has 0 saturated heterocycles. The minimum absolute atomic E-state index is 0.182. The molecule has 0 radical (unpaired) electrons. The Morgan fingerprint density at radius 2 is 1.33 bits per heavy atom. The van der Waals surface area contributed by atoms with Crippen LogP contribution in [0.5, 0.6) is 11.5 Å². The normalized spacial score (nSPS) is 10.1. The Kier molecular flexibility index (Phi) is 6.20. The first kappa shape index (κ1) is 18.2. The van der Waals surface area contributed by atoms with E-state index in [9.17, 15) is 9.59 Å². The molecular weight excluding hydrogens is 342 g/mol. The highest BCUT2D eigenvalue weighted by Gasteiger charge is 2.09. The molecule has 0 aliphatic carbocycles. The van der Waals surface area contributed by atoms with E-state index >= 15 is 0 Å². The number of carbonyl (C=O) groups is 2. The van der Waals surface area contributed by atoms with Crippen molar-refractivity contribution in [3.8, 4) is 11.5 Å². The van der Waals surface area contributed by atoms with Gasteiger partial charge in [-0.2, -0.15) is 0 Å². The van der Waals surface area contributed by atoms with Gasteiger partial charge in [-0.25, -0.2) is 0 Å². The summed E-state index contributed by atoms with van der Waals surface area (Å²) in [6, 6.07) is 25.4. The van der Waals surface area contributed by atoms with E-state index in [0.717, 1.165) is 11.3 Å². The highest BCUT2D eigenvalue weighted by Crippen LogP contribution is 2.21. The molecule has 1 amide bonds. The molecule has 3 aromatic rings. The molecule has 0 fully saturated rings. The molecule has 0 unspecified atom stereocenters. The standard InChI is InChI=1S/C22H19NO4/c24-21(26-16-17-7-3-1-4-8-17)15-23-22(25)18-11-13-20(14-12-18)27-19-9-5-2-6-10-19/h1-14H,15-16H2,(H,23,25). The van der Waals surface area contributed by atoms with Crippen LogP contribution in [-0.2, 0) is 16.1 Å². The van der Waals surface area contributed by atoms with Gasteiger partial charge >= 0.3 is 5.97 Å². The first-order chi connectivity index (χ1) is 13.2. The third-order valence-electron chi connectivity index (χ3n) is 3.73. The summed E-state index contributed by atoms with van der Waals surface area (Å²) in [5.41, 5.74) is 1.33. The summed E-state index contributed by atoms with van der Waals surface area (Å²) in [6.07, 6.45) is 0. The van der Waals surface area contributed by atoms with Gasteiger partial charge in [0.15, 0.2) is 0 Å². The molecule has 0 aliphatic heterocycles. The first-order valence-electron chi connectivity index (χ1n) is 8.51. The largest absolute Gasteiger partial charge is 0.460 e. The smallest absolute Gasteiger partial charge is 0.325 e. The Morgan fingerprint density at radius 3 is 2.00 bits per heavy atom. The van der Waals surface area contributed by atoms with Gasteiger partial charge in [0.2, 0.25) is 0 Å². The zero-order valence-corrected chi connectivity index (χ0v) is 14.6. The van der Waals surface area contributed by atoms with E-state index in [1.54, 1.807) is 24.3 Å². The van der Waals surface area contributed by atoms with Crippen LogP contribution in [0.4, 0.5) is 0 Å². The van der Waals surface area contributed by atoms with Crippen molar-refractivity contribution >= 4 is 11.9 Å². The molecule has 0 aliphatic rings. The minimum Gasteiger partial charge on any atom is -0.460 e. The van der Waals surface area contributed by atoms with Crippen LogP contribution in [0.15, 0.2) is 84.9 Å². The van der Waals surface area contributed by atoms with Crippen molar-refractivity contribution in [2.75, 3.05) is 6.54 Å². The Labute approximate surface area is 157 Å². The summed E-state index contributed by atoms with van der Waals surface area (Å²) < 4.78 is 10.8. The molecule has 136 valence electrons. The number of nitrogens with one attached hydrogen (secondary N) is 1. The summed E-state index contributed by atoms with van der Waals surface area (Å²) in [7, 11) is 0. The van der Waals surface area contributed by atoms with Crippen LogP contribution in [0.2, 0.25) is 0 Å². The average molecular weight is 361 g/mol. The maximum atomic E-state index is 12.1. The third kappa shape index (κ3) is 5.71. The number of amides is 1. The third-order valence-corrected chi connectivity index (χ3v) is 3.73. The van der Waals surface area contributed by atoms with E-state index in [1.807, 2.05) is 60.7 Å². The Hall–Kier alpha value is -3.60. The Balaban J connectivity index is 1.45. The lowest BCUT2D eigenvalue weighted by molar-refractivity contribution is -0.143. The van der Waals surface area contributed by atoms with Gasteiger partial charge in [0.05, 0.1) is 0 Å². The molecule has 3 aromatic carbocycles. The number of ether oxygens (including phenoxy) is 2. The van der Waals surface area contributed by atoms with Crippen LogP contribution < -0.4 is 10.1 Å². The molecule has 0 spiro atoms. The number of para-hydroxylation sites is 1. The van der Waals surface area contributed by atoms with Gasteiger partial charge < -0.3 is 14.8 Å². The number of carbonyl (C=O) groups excluding carboxylic acids is 2. The number of benzene rings is 3. The van der Waals surface area contributed by atoms with Crippen molar-refractivity contribution in [3.63, 3.8) is 0 Å². The topological polar surface area (TPSA) is 64.6 Å². The van der Waals surface area contributed by atoms with Crippen LogP contribution in [0.1, 0.15) is 15.9 Å². The number of hydrogen-bond donors (Lipinski definition) is 1. The van der Waals surface area contributed by atoms with E-state index in [2.05, 4.69) is 5.32 Å². The highest BCUT2D eigenvalue weighted by atomic mass is 16.5. The second-order valence-electron chi connectivity index (χ2n) is 5.77. The first-order valence-corrected chi connectivity index (χ1v) is 8.51. The zero-order valence-electron chi connectivity index (χ0n) is 14.6. The summed E-state index contributed by atoms with van der Waals surface area (Å²) >= 11 is 0. The molecule has 0 atom stereocenters. The monoisotopic (exact) mass is 361 g/mol. The lowest BCUT2D eigenvalue weighted by Crippen LogP contribution is -2.30. The van der Waals surface area contributed by atoms with Crippen molar-refractivity contribution in [1.29, 1.82) is 0 Å². The highest BCUT2D eigenvalue weighted by molar-refractivity contribution is 5.96. The van der Waals surface area contributed by atoms with Crippen molar-refractivity contribution in [3.05, 3.63) is 96.1 Å². The van der Waals surface area contributed by atoms with Gasteiger partial charge in [0, 0.05) is 5.56 Å². The van der Waals surface area contributed by atoms with E-state index in [4.69, 9.17) is 9.47 Å². The second kappa shape index (κ2) is 9.20. The van der Waals surface area contributed by atoms with Crippen molar-refractivity contribution in [1.82, 2.24) is 5.32 Å². The van der Waals surface area contributed by atoms with E-state index in [0.29, 0.717) is 11.3 Å². The molecule has 1 N–H and O–H groups in total. The molecular formula is C22H19NO4. The maximum Gasteiger partial charge on any atom is 0.325 e. The predicted octanol–water partition coefficient (Wildman–Crippen LogP) is 3.95. The molecule has 0 heterocycles. The number of rotatable bonds is 7. The quantitative estimate of drug-likeness (QED) is 0.647. The maximum absolute atomic E-state index is 12.1. The van der Waals surface area contributed by atoms with E-state index in [1.165, 1.54) is 0 Å². The summed E-state index contributed by atoms with van der Waals surface area (Å²) in [5.74, 6) is 0.505. The number of hydrogen-bond acceptors (Lipinski definition) is 4. The molecule has 0 aromatic heterocycles. The summed E-state index contributed by atoms with van der Waals surface area (Å²) in [6.45, 7) is -0.00496. The van der Waals surface area contributed by atoms with Gasteiger partial charge in [0.1, 0.15) is 24.7 Å². The summed E-state index contributed by atoms with van der Waals surface area (Å²) in [4.78, 5) is 23.9. The van der Waals surface area contributed by atoms with E-state index < -0.39 is 5.97 Å². The van der Waals surface area contributed by atoms with Crippen LogP contribution in [0.25, 0.3) is 0 Å².